The predicted molar refractivity (Wildman–Crippen MR) is 123 cm³/mol. The zero-order valence-electron chi connectivity index (χ0n) is 18.7. The average Bonchev–Trinajstić information content (AvgIpc) is 2.73. The molecule has 192 valence electrons. The number of benzene rings is 1. The van der Waals surface area contributed by atoms with Gasteiger partial charge in [0.2, 0.25) is 12.2 Å². The third-order valence-corrected chi connectivity index (χ3v) is 4.94. The highest BCUT2D eigenvalue weighted by atomic mass is 35.6. The molecular formula is C21H22Cl3FN2O8. The Bertz CT molecular complexity index is 970. The molecule has 14 heteroatoms. The van der Waals surface area contributed by atoms with Crippen molar-refractivity contribution in [1.29, 1.82) is 5.41 Å². The van der Waals surface area contributed by atoms with Crippen LogP contribution in [0.4, 0.5) is 4.39 Å². The predicted octanol–water partition coefficient (Wildman–Crippen LogP) is 3.13. The molecule has 0 bridgehead atoms. The third-order valence-electron chi connectivity index (χ3n) is 4.43. The van der Waals surface area contributed by atoms with Crippen LogP contribution in [-0.2, 0) is 38.1 Å². The van der Waals surface area contributed by atoms with E-state index in [0.29, 0.717) is 5.56 Å². The van der Waals surface area contributed by atoms with Crippen LogP contribution in [0.3, 0.4) is 0 Å². The monoisotopic (exact) mass is 554 g/mol. The minimum atomic E-state index is -2.27. The van der Waals surface area contributed by atoms with Crippen LogP contribution in [0.25, 0.3) is 0 Å². The number of nitrogens with zero attached hydrogens (tertiary/aromatic N) is 1. The van der Waals surface area contributed by atoms with E-state index in [1.54, 1.807) is 0 Å². The van der Waals surface area contributed by atoms with E-state index in [2.05, 4.69) is 4.99 Å². The Morgan fingerprint density at radius 1 is 1.03 bits per heavy atom. The smallest absolute Gasteiger partial charge is 0.303 e. The summed E-state index contributed by atoms with van der Waals surface area (Å²) >= 11 is 17.2. The Morgan fingerprint density at radius 2 is 1.60 bits per heavy atom. The Kier molecular flexibility index (Phi) is 10.3. The Balaban J connectivity index is 2.52. The molecule has 0 amide bonds. The average molecular weight is 556 g/mol. The van der Waals surface area contributed by atoms with E-state index in [9.17, 15) is 18.8 Å². The van der Waals surface area contributed by atoms with Crippen LogP contribution in [0.2, 0.25) is 0 Å². The molecule has 35 heavy (non-hydrogen) atoms. The molecule has 1 saturated heterocycles. The van der Waals surface area contributed by atoms with Crippen molar-refractivity contribution in [2.24, 2.45) is 4.99 Å². The molecule has 1 N–H and O–H groups in total. The van der Waals surface area contributed by atoms with Crippen LogP contribution in [0.1, 0.15) is 26.3 Å². The molecule has 10 nitrogen and oxygen atoms in total. The number of esters is 3. The molecule has 0 radical (unpaired) electrons. The first-order valence-corrected chi connectivity index (χ1v) is 11.2. The van der Waals surface area contributed by atoms with Crippen molar-refractivity contribution in [3.63, 3.8) is 0 Å². The molecular weight excluding hydrogens is 534 g/mol. The van der Waals surface area contributed by atoms with E-state index in [-0.39, 0.29) is 0 Å². The number of aliphatic imine (C=N–C) groups is 1. The lowest BCUT2D eigenvalue weighted by Gasteiger charge is -2.43. The summed E-state index contributed by atoms with van der Waals surface area (Å²) in [6.45, 7) is 2.95. The Hall–Kier alpha value is -2.47. The molecule has 1 aliphatic heterocycles. The van der Waals surface area contributed by atoms with E-state index in [4.69, 9.17) is 63.9 Å². The van der Waals surface area contributed by atoms with Gasteiger partial charge in [0.25, 0.3) is 3.79 Å². The lowest BCUT2D eigenvalue weighted by molar-refractivity contribution is -0.256. The summed E-state index contributed by atoms with van der Waals surface area (Å²) in [6, 6.07) is 3.98. The molecule has 1 fully saturated rings. The van der Waals surface area contributed by atoms with Gasteiger partial charge in [-0.3, -0.25) is 24.8 Å². The maximum atomic E-state index is 13.3. The second-order valence-corrected chi connectivity index (χ2v) is 9.54. The molecule has 1 aromatic carbocycles. The molecule has 0 saturated carbocycles. The van der Waals surface area contributed by atoms with Gasteiger partial charge in [-0.25, -0.2) is 4.39 Å². The van der Waals surface area contributed by atoms with Gasteiger partial charge in [0.15, 0.2) is 18.2 Å². The quantitative estimate of drug-likeness (QED) is 0.178. The summed E-state index contributed by atoms with van der Waals surface area (Å²) in [6.07, 6.45) is -4.07. The largest absolute Gasteiger partial charge is 0.463 e. The van der Waals surface area contributed by atoms with Gasteiger partial charge < -0.3 is 23.7 Å². The van der Waals surface area contributed by atoms with Crippen LogP contribution in [0, 0.1) is 11.2 Å². The molecule has 0 aromatic heterocycles. The summed E-state index contributed by atoms with van der Waals surface area (Å²) in [5, 5.41) is 7.92. The summed E-state index contributed by atoms with van der Waals surface area (Å²) in [5.41, 5.74) is 0.453. The number of alkyl halides is 3. The number of halogens is 4. The normalized spacial score (nSPS) is 24.5. The van der Waals surface area contributed by atoms with Gasteiger partial charge in [-0.05, 0) is 17.7 Å². The van der Waals surface area contributed by atoms with Crippen LogP contribution in [-0.4, -0.2) is 71.1 Å². The van der Waals surface area contributed by atoms with Crippen LogP contribution in [0.5, 0.6) is 0 Å². The number of hydrogen-bond donors (Lipinski definition) is 1. The number of ether oxygens (including phenoxy) is 5. The third kappa shape index (κ3) is 8.92. The van der Waals surface area contributed by atoms with Gasteiger partial charge in [0.05, 0.1) is 0 Å². The van der Waals surface area contributed by atoms with Gasteiger partial charge in [-0.2, -0.15) is 0 Å². The summed E-state index contributed by atoms with van der Waals surface area (Å²) in [5.74, 6) is -3.49. The number of carbonyl (C=O) groups excluding carboxylic acids is 3. The van der Waals surface area contributed by atoms with E-state index in [0.717, 1.165) is 20.8 Å². The lowest BCUT2D eigenvalue weighted by atomic mass is 9.96. The molecule has 5 atom stereocenters. The fraction of sp³-hybridized carbons (Fsp3) is 0.476. The molecule has 0 spiro atoms. The second kappa shape index (κ2) is 12.5. The minimum Gasteiger partial charge on any atom is -0.463 e. The zero-order valence-corrected chi connectivity index (χ0v) is 21.0. The first-order valence-electron chi connectivity index (χ1n) is 10.0. The number of carbonyl (C=O) groups is 3. The van der Waals surface area contributed by atoms with Crippen molar-refractivity contribution in [1.82, 2.24) is 0 Å². The van der Waals surface area contributed by atoms with E-state index >= 15 is 0 Å². The number of nitrogens with one attached hydrogen (secondary N) is 1. The molecule has 0 aliphatic carbocycles. The fourth-order valence-electron chi connectivity index (χ4n) is 3.04. The van der Waals surface area contributed by atoms with Gasteiger partial charge in [-0.1, -0.05) is 46.9 Å². The Morgan fingerprint density at radius 3 is 2.11 bits per heavy atom. The van der Waals surface area contributed by atoms with E-state index < -0.39 is 70.7 Å². The van der Waals surface area contributed by atoms with Crippen molar-refractivity contribution in [3.05, 3.63) is 35.6 Å². The number of hydrogen-bond acceptors (Lipinski definition) is 10. The van der Waals surface area contributed by atoms with Gasteiger partial charge in [0.1, 0.15) is 18.5 Å². The molecule has 1 heterocycles. The minimum absolute atomic E-state index is 0.430. The van der Waals surface area contributed by atoms with Crippen LogP contribution < -0.4 is 0 Å². The van der Waals surface area contributed by atoms with Crippen molar-refractivity contribution in [2.45, 2.75) is 55.2 Å². The standard InChI is InChI=1S/C21H22Cl3FN2O8/c1-10(28)31-9-15-17(32-11(2)29)18(33-12(3)30)16(19(34-15)35-20(26)21(22,23)24)27-8-13-4-6-14(25)7-5-13/h4-8,15-19,26H,9H2,1-3H3/t15-,16-,17-,18-,19-/m1/s1. The SMILES string of the molecule is CC(=O)OC[C@H]1O[C@H](OC(=N)C(Cl)(Cl)Cl)[C@H](N=Cc2ccc(F)cc2)[C@@H](OC(C)=O)[C@@H]1OC(C)=O. The molecule has 0 unspecified atom stereocenters. The highest BCUT2D eigenvalue weighted by molar-refractivity contribution is 6.76. The van der Waals surface area contributed by atoms with Crippen molar-refractivity contribution >= 4 is 64.8 Å². The highest BCUT2D eigenvalue weighted by Gasteiger charge is 2.52. The lowest BCUT2D eigenvalue weighted by Crippen LogP contribution is -2.61. The van der Waals surface area contributed by atoms with Crippen LogP contribution >= 0.6 is 34.8 Å². The van der Waals surface area contributed by atoms with Crippen LogP contribution in [0.15, 0.2) is 29.3 Å². The maximum absolute atomic E-state index is 13.3. The number of rotatable bonds is 7. The summed E-state index contributed by atoms with van der Waals surface area (Å²) < 4.78 is 37.9. The topological polar surface area (TPSA) is 134 Å². The molecule has 1 aliphatic rings. The van der Waals surface area contributed by atoms with Crippen molar-refractivity contribution < 1.29 is 42.5 Å². The summed E-state index contributed by atoms with van der Waals surface area (Å²) in [4.78, 5) is 39.4. The second-order valence-electron chi connectivity index (χ2n) is 7.26. The Labute approximate surface area is 215 Å². The summed E-state index contributed by atoms with van der Waals surface area (Å²) in [7, 11) is 0. The first-order chi connectivity index (χ1) is 16.3. The first kappa shape index (κ1) is 28.8. The van der Waals surface area contributed by atoms with Crippen molar-refractivity contribution in [2.75, 3.05) is 6.61 Å². The van der Waals surface area contributed by atoms with Crippen molar-refractivity contribution in [3.8, 4) is 0 Å². The van der Waals surface area contributed by atoms with Gasteiger partial charge >= 0.3 is 17.9 Å². The molecule has 1 aromatic rings. The van der Waals surface area contributed by atoms with Gasteiger partial charge in [-0.15, -0.1) is 0 Å². The van der Waals surface area contributed by atoms with E-state index in [1.807, 2.05) is 0 Å². The maximum Gasteiger partial charge on any atom is 0.303 e. The molecule has 2 rings (SSSR count). The highest BCUT2D eigenvalue weighted by Crippen LogP contribution is 2.33. The zero-order chi connectivity index (χ0) is 26.3. The van der Waals surface area contributed by atoms with Gasteiger partial charge in [0, 0.05) is 27.0 Å². The fourth-order valence-corrected chi connectivity index (χ4v) is 3.18. The van der Waals surface area contributed by atoms with E-state index in [1.165, 1.54) is 30.5 Å².